The highest BCUT2D eigenvalue weighted by Crippen LogP contribution is 2.42. The van der Waals surface area contributed by atoms with E-state index in [2.05, 4.69) is 26.8 Å². The first-order chi connectivity index (χ1) is 12.7. The van der Waals surface area contributed by atoms with Crippen LogP contribution in [0.15, 0.2) is 6.07 Å². The van der Waals surface area contributed by atoms with Crippen molar-refractivity contribution in [3.05, 3.63) is 28.3 Å². The van der Waals surface area contributed by atoms with Crippen LogP contribution in [0.3, 0.4) is 0 Å². The summed E-state index contributed by atoms with van der Waals surface area (Å²) in [4.78, 5) is 14.1. The lowest BCUT2D eigenvalue weighted by Crippen LogP contribution is -2.41. The largest absolute Gasteiger partial charge is 0.490 e. The van der Waals surface area contributed by atoms with Crippen LogP contribution in [0.5, 0.6) is 5.75 Å². The Bertz CT molecular complexity index is 667. The lowest BCUT2D eigenvalue weighted by Gasteiger charge is -2.34. The van der Waals surface area contributed by atoms with Gasteiger partial charge in [-0.05, 0) is 77.0 Å². The number of fused-ring (bicyclic) bond motifs is 1. The van der Waals surface area contributed by atoms with Crippen LogP contribution < -0.4 is 4.74 Å². The number of piperidine rings is 1. The van der Waals surface area contributed by atoms with Crippen LogP contribution >= 0.6 is 0 Å². The zero-order valence-corrected chi connectivity index (χ0v) is 18.4. The number of carbonyl (C=O) groups is 1. The summed E-state index contributed by atoms with van der Waals surface area (Å²) in [6, 6.07) is 2.26. The van der Waals surface area contributed by atoms with E-state index in [0.717, 1.165) is 38.1 Å². The van der Waals surface area contributed by atoms with Gasteiger partial charge in [0.1, 0.15) is 17.5 Å². The molecule has 152 valence electrons. The summed E-state index contributed by atoms with van der Waals surface area (Å²) in [6.07, 6.45) is 3.05. The fourth-order valence-corrected chi connectivity index (χ4v) is 4.21. The van der Waals surface area contributed by atoms with Gasteiger partial charge in [0.15, 0.2) is 0 Å². The van der Waals surface area contributed by atoms with Crippen LogP contribution in [0.1, 0.15) is 82.6 Å². The van der Waals surface area contributed by atoms with Gasteiger partial charge < -0.3 is 14.4 Å². The van der Waals surface area contributed by atoms with E-state index in [1.54, 1.807) is 0 Å². The molecule has 0 aromatic heterocycles. The molecule has 4 nitrogen and oxygen atoms in total. The molecule has 2 aliphatic rings. The summed E-state index contributed by atoms with van der Waals surface area (Å²) >= 11 is 0. The van der Waals surface area contributed by atoms with Gasteiger partial charge in [0, 0.05) is 25.1 Å². The standard InChI is InChI=1S/C21H31NO3.C2H6/c1-13-11-14(2)19-17(12-15(3)24-19)18(13)16-7-9-22(10-8-16)20(23)25-21(4,5)6;1-2/h11,15-16H,7-10,12H2,1-6H3;1-2H3/t15-;/m1./s1. The van der Waals surface area contributed by atoms with Gasteiger partial charge in [-0.2, -0.15) is 0 Å². The summed E-state index contributed by atoms with van der Waals surface area (Å²) < 4.78 is 11.6. The summed E-state index contributed by atoms with van der Waals surface area (Å²) in [5, 5.41) is 0. The van der Waals surface area contributed by atoms with Crippen LogP contribution in [-0.2, 0) is 11.2 Å². The predicted octanol–water partition coefficient (Wildman–Crippen LogP) is 5.77. The molecule has 2 aliphatic heterocycles. The Hall–Kier alpha value is -1.71. The second kappa shape index (κ2) is 8.53. The first kappa shape index (κ1) is 21.6. The molecule has 0 N–H and O–H groups in total. The van der Waals surface area contributed by atoms with Gasteiger partial charge in [-0.1, -0.05) is 19.9 Å². The minimum atomic E-state index is -0.435. The molecule has 3 rings (SSSR count). The number of hydrogen-bond donors (Lipinski definition) is 0. The highest BCUT2D eigenvalue weighted by molar-refractivity contribution is 5.68. The Morgan fingerprint density at radius 1 is 1.15 bits per heavy atom. The Balaban J connectivity index is 0.00000126. The molecule has 27 heavy (non-hydrogen) atoms. The molecule has 1 aromatic carbocycles. The van der Waals surface area contributed by atoms with Crippen molar-refractivity contribution >= 4 is 6.09 Å². The van der Waals surface area contributed by atoms with Gasteiger partial charge in [-0.15, -0.1) is 0 Å². The van der Waals surface area contributed by atoms with E-state index in [4.69, 9.17) is 9.47 Å². The van der Waals surface area contributed by atoms with Crippen molar-refractivity contribution in [3.8, 4) is 5.75 Å². The van der Waals surface area contributed by atoms with Crippen molar-refractivity contribution in [2.75, 3.05) is 13.1 Å². The second-order valence-electron chi connectivity index (χ2n) is 8.61. The van der Waals surface area contributed by atoms with Gasteiger partial charge in [-0.3, -0.25) is 0 Å². The minimum Gasteiger partial charge on any atom is -0.490 e. The summed E-state index contributed by atoms with van der Waals surface area (Å²) in [5.41, 5.74) is 5.04. The fourth-order valence-electron chi connectivity index (χ4n) is 4.21. The Kier molecular flexibility index (Phi) is 6.82. The number of amides is 1. The summed E-state index contributed by atoms with van der Waals surface area (Å²) in [7, 11) is 0. The minimum absolute atomic E-state index is 0.186. The smallest absolute Gasteiger partial charge is 0.410 e. The predicted molar refractivity (Wildman–Crippen MR) is 111 cm³/mol. The van der Waals surface area contributed by atoms with E-state index < -0.39 is 5.60 Å². The monoisotopic (exact) mass is 375 g/mol. The molecule has 1 aromatic rings. The molecule has 0 aliphatic carbocycles. The molecule has 1 amide bonds. The molecule has 0 unspecified atom stereocenters. The molecule has 0 radical (unpaired) electrons. The number of nitrogens with zero attached hydrogens (tertiary/aromatic N) is 1. The van der Waals surface area contributed by atoms with Crippen molar-refractivity contribution in [3.63, 3.8) is 0 Å². The quantitative estimate of drug-likeness (QED) is 0.626. The number of rotatable bonds is 1. The Morgan fingerprint density at radius 2 is 1.74 bits per heavy atom. The van der Waals surface area contributed by atoms with E-state index in [-0.39, 0.29) is 12.2 Å². The van der Waals surface area contributed by atoms with Crippen molar-refractivity contribution in [2.24, 2.45) is 0 Å². The van der Waals surface area contributed by atoms with E-state index in [1.807, 2.05) is 39.5 Å². The molecule has 1 atom stereocenters. The zero-order chi connectivity index (χ0) is 20.4. The summed E-state index contributed by atoms with van der Waals surface area (Å²) in [5.74, 6) is 1.60. The molecule has 1 fully saturated rings. The first-order valence-corrected chi connectivity index (χ1v) is 10.4. The lowest BCUT2D eigenvalue weighted by molar-refractivity contribution is 0.0204. The number of benzene rings is 1. The van der Waals surface area contributed by atoms with Crippen molar-refractivity contribution in [1.82, 2.24) is 4.90 Å². The third-order valence-corrected chi connectivity index (χ3v) is 5.18. The van der Waals surface area contributed by atoms with Gasteiger partial charge in [0.2, 0.25) is 0 Å². The Labute approximate surface area is 165 Å². The van der Waals surface area contributed by atoms with Crippen LogP contribution in [0.25, 0.3) is 0 Å². The van der Waals surface area contributed by atoms with Gasteiger partial charge in [0.05, 0.1) is 0 Å². The number of carbonyl (C=O) groups excluding carboxylic acids is 1. The van der Waals surface area contributed by atoms with Crippen LogP contribution in [-0.4, -0.2) is 35.8 Å². The maximum atomic E-state index is 12.3. The maximum Gasteiger partial charge on any atom is 0.410 e. The topological polar surface area (TPSA) is 38.8 Å². The number of aryl methyl sites for hydroxylation is 2. The molecular formula is C23H37NO3. The normalized spacial score (nSPS) is 19.7. The van der Waals surface area contributed by atoms with E-state index in [0.29, 0.717) is 5.92 Å². The third kappa shape index (κ3) is 4.97. The third-order valence-electron chi connectivity index (χ3n) is 5.18. The van der Waals surface area contributed by atoms with Gasteiger partial charge >= 0.3 is 6.09 Å². The highest BCUT2D eigenvalue weighted by Gasteiger charge is 2.32. The molecule has 0 spiro atoms. The van der Waals surface area contributed by atoms with Crippen molar-refractivity contribution in [2.45, 2.75) is 92.3 Å². The van der Waals surface area contributed by atoms with Crippen LogP contribution in [0.2, 0.25) is 0 Å². The van der Waals surface area contributed by atoms with Gasteiger partial charge in [0.25, 0.3) is 0 Å². The molecular weight excluding hydrogens is 338 g/mol. The highest BCUT2D eigenvalue weighted by atomic mass is 16.6. The Morgan fingerprint density at radius 3 is 2.30 bits per heavy atom. The van der Waals surface area contributed by atoms with Crippen LogP contribution in [0.4, 0.5) is 4.79 Å². The SMILES string of the molecule is CC.Cc1cc(C)c(C2CCN(C(=O)OC(C)(C)C)CC2)c2c1O[C@H](C)C2. The number of hydrogen-bond acceptors (Lipinski definition) is 3. The first-order valence-electron chi connectivity index (χ1n) is 10.4. The molecule has 0 saturated carbocycles. The summed E-state index contributed by atoms with van der Waals surface area (Å²) in [6.45, 7) is 17.8. The van der Waals surface area contributed by atoms with Crippen molar-refractivity contribution in [1.29, 1.82) is 0 Å². The molecule has 2 heterocycles. The fraction of sp³-hybridized carbons (Fsp3) is 0.696. The van der Waals surface area contributed by atoms with E-state index in [9.17, 15) is 4.79 Å². The molecule has 4 heteroatoms. The maximum absolute atomic E-state index is 12.3. The molecule has 0 bridgehead atoms. The average molecular weight is 376 g/mol. The van der Waals surface area contributed by atoms with E-state index >= 15 is 0 Å². The second-order valence-corrected chi connectivity index (χ2v) is 8.61. The van der Waals surface area contributed by atoms with Crippen LogP contribution in [0, 0.1) is 13.8 Å². The zero-order valence-electron chi connectivity index (χ0n) is 18.4. The number of likely N-dealkylation sites (tertiary alicyclic amines) is 1. The van der Waals surface area contributed by atoms with Gasteiger partial charge in [-0.25, -0.2) is 4.79 Å². The molecule has 1 saturated heterocycles. The average Bonchev–Trinajstić information content (AvgIpc) is 2.97. The number of ether oxygens (including phenoxy) is 2. The lowest BCUT2D eigenvalue weighted by atomic mass is 9.82. The van der Waals surface area contributed by atoms with E-state index in [1.165, 1.54) is 22.3 Å². The van der Waals surface area contributed by atoms with Crippen molar-refractivity contribution < 1.29 is 14.3 Å².